The second-order valence-corrected chi connectivity index (χ2v) is 6.59. The number of carbonyl (C=O) groups excluding carboxylic acids is 3. The maximum atomic E-state index is 12.6. The van der Waals surface area contributed by atoms with Gasteiger partial charge in [0.25, 0.3) is 0 Å². The van der Waals surface area contributed by atoms with E-state index in [1.807, 2.05) is 0 Å². The highest BCUT2D eigenvalue weighted by atomic mass is 16.5. The van der Waals surface area contributed by atoms with Gasteiger partial charge < -0.3 is 20.3 Å². The van der Waals surface area contributed by atoms with Crippen molar-refractivity contribution in [3.05, 3.63) is 5.53 Å². The second kappa shape index (κ2) is 12.3. The fourth-order valence-electron chi connectivity index (χ4n) is 2.84. The van der Waals surface area contributed by atoms with E-state index >= 15 is 0 Å². The lowest BCUT2D eigenvalue weighted by atomic mass is 9.98. The van der Waals surface area contributed by atoms with E-state index in [-0.39, 0.29) is 18.9 Å². The van der Waals surface area contributed by atoms with E-state index in [4.69, 9.17) is 15.0 Å². The lowest BCUT2D eigenvalue weighted by molar-refractivity contribution is -0.155. The fraction of sp³-hybridized carbons (Fsp3) is 0.778. The molecule has 0 aliphatic heterocycles. The van der Waals surface area contributed by atoms with E-state index in [2.05, 4.69) is 10.1 Å². The molecule has 26 heavy (non-hydrogen) atoms. The van der Waals surface area contributed by atoms with Crippen LogP contribution in [0.2, 0.25) is 0 Å². The zero-order chi connectivity index (χ0) is 19.4. The molecule has 0 aromatic carbocycles. The molecule has 8 heteroatoms. The van der Waals surface area contributed by atoms with E-state index in [9.17, 15) is 14.4 Å². The molecule has 1 aliphatic rings. The molecule has 1 rings (SSSR count). The number of amides is 1. The number of nitrogens with zero attached hydrogens (tertiary/aromatic N) is 2. The maximum Gasteiger partial charge on any atom is 0.328 e. The first kappa shape index (κ1) is 22.0. The second-order valence-electron chi connectivity index (χ2n) is 6.59. The van der Waals surface area contributed by atoms with Crippen LogP contribution in [0.25, 0.3) is 5.53 Å². The van der Waals surface area contributed by atoms with Gasteiger partial charge in [-0.05, 0) is 39.0 Å². The summed E-state index contributed by atoms with van der Waals surface area (Å²) >= 11 is 0. The summed E-state index contributed by atoms with van der Waals surface area (Å²) in [5, 5.41) is 2.58. The predicted octanol–water partition coefficient (Wildman–Crippen LogP) is 1.81. The van der Waals surface area contributed by atoms with E-state index in [1.165, 1.54) is 13.5 Å². The van der Waals surface area contributed by atoms with Gasteiger partial charge in [0.2, 0.25) is 11.7 Å². The van der Waals surface area contributed by atoms with Gasteiger partial charge in [0.15, 0.2) is 0 Å². The summed E-state index contributed by atoms with van der Waals surface area (Å²) in [6.45, 7) is 1.57. The Morgan fingerprint density at radius 3 is 2.38 bits per heavy atom. The number of Topliss-reactive ketones (excluding diaryl/α,β-unsaturated/α-hetero) is 1. The SMILES string of the molecule is CO[C@@H](C)C(=O)N[C@@H](CCC(=O)C=[N+]=[N-])C(=O)OC1CCCCCCC1. The van der Waals surface area contributed by atoms with Crippen molar-refractivity contribution in [1.82, 2.24) is 5.32 Å². The molecule has 0 aromatic rings. The number of carbonyl (C=O) groups is 3. The van der Waals surface area contributed by atoms with Crippen molar-refractivity contribution in [3.8, 4) is 0 Å². The molecule has 1 N–H and O–H groups in total. The predicted molar refractivity (Wildman–Crippen MR) is 94.5 cm³/mol. The van der Waals surface area contributed by atoms with Crippen LogP contribution in [0, 0.1) is 0 Å². The highest BCUT2D eigenvalue weighted by Crippen LogP contribution is 2.20. The van der Waals surface area contributed by atoms with E-state index in [0.717, 1.165) is 44.7 Å². The molecule has 146 valence electrons. The Balaban J connectivity index is 2.69. The molecule has 8 nitrogen and oxygen atoms in total. The van der Waals surface area contributed by atoms with Gasteiger partial charge in [0, 0.05) is 13.5 Å². The Kier molecular flexibility index (Phi) is 10.4. The Hall–Kier alpha value is -2.05. The lowest BCUT2D eigenvalue weighted by Gasteiger charge is -2.24. The van der Waals surface area contributed by atoms with Crippen molar-refractivity contribution < 1.29 is 28.6 Å². The van der Waals surface area contributed by atoms with Crippen LogP contribution < -0.4 is 5.32 Å². The smallest absolute Gasteiger partial charge is 0.328 e. The normalized spacial score (nSPS) is 17.8. The Labute approximate surface area is 154 Å². The number of hydrogen-bond acceptors (Lipinski definition) is 5. The lowest BCUT2D eigenvalue weighted by Crippen LogP contribution is -2.47. The molecule has 2 atom stereocenters. The molecule has 0 heterocycles. The number of rotatable bonds is 9. The van der Waals surface area contributed by atoms with Gasteiger partial charge in [-0.25, -0.2) is 4.79 Å². The van der Waals surface area contributed by atoms with Crippen LogP contribution >= 0.6 is 0 Å². The van der Waals surface area contributed by atoms with Gasteiger partial charge >= 0.3 is 12.2 Å². The van der Waals surface area contributed by atoms with Crippen LogP contribution in [0.1, 0.15) is 64.7 Å². The van der Waals surface area contributed by atoms with Crippen molar-refractivity contribution >= 4 is 23.9 Å². The summed E-state index contributed by atoms with van der Waals surface area (Å²) in [6, 6.07) is -0.943. The van der Waals surface area contributed by atoms with Crippen LogP contribution in [0.5, 0.6) is 0 Å². The van der Waals surface area contributed by atoms with Crippen LogP contribution in [0.15, 0.2) is 0 Å². The summed E-state index contributed by atoms with van der Waals surface area (Å²) in [4.78, 5) is 38.8. The van der Waals surface area contributed by atoms with Crippen LogP contribution in [0.4, 0.5) is 0 Å². The molecular weight excluding hydrogens is 338 g/mol. The topological polar surface area (TPSA) is 118 Å². The largest absolute Gasteiger partial charge is 0.461 e. The first-order valence-corrected chi connectivity index (χ1v) is 9.21. The van der Waals surface area contributed by atoms with Crippen molar-refractivity contribution in [1.29, 1.82) is 0 Å². The van der Waals surface area contributed by atoms with Crippen molar-refractivity contribution in [2.75, 3.05) is 7.11 Å². The van der Waals surface area contributed by atoms with Gasteiger partial charge in [-0.15, -0.1) is 0 Å². The number of esters is 1. The number of methoxy groups -OCH3 is 1. The molecule has 1 amide bonds. The van der Waals surface area contributed by atoms with Crippen LogP contribution in [0.3, 0.4) is 0 Å². The molecule has 0 unspecified atom stereocenters. The minimum absolute atomic E-state index is 0.0455. The highest BCUT2D eigenvalue weighted by Gasteiger charge is 2.28. The van der Waals surface area contributed by atoms with Gasteiger partial charge in [0.1, 0.15) is 18.2 Å². The van der Waals surface area contributed by atoms with Crippen LogP contribution in [-0.4, -0.2) is 54.0 Å². The monoisotopic (exact) mass is 367 g/mol. The third-order valence-electron chi connectivity index (χ3n) is 4.54. The minimum atomic E-state index is -0.943. The molecule has 0 saturated heterocycles. The zero-order valence-corrected chi connectivity index (χ0v) is 15.6. The van der Waals surface area contributed by atoms with Crippen molar-refractivity contribution in [3.63, 3.8) is 0 Å². The number of hydrogen-bond donors (Lipinski definition) is 1. The van der Waals surface area contributed by atoms with Gasteiger partial charge in [-0.3, -0.25) is 9.59 Å². The molecule has 0 aromatic heterocycles. The van der Waals surface area contributed by atoms with Crippen LogP contribution in [-0.2, 0) is 23.9 Å². The molecule has 0 radical (unpaired) electrons. The number of ether oxygens (including phenoxy) is 2. The van der Waals surface area contributed by atoms with Gasteiger partial charge in [-0.2, -0.15) is 4.79 Å². The van der Waals surface area contributed by atoms with Gasteiger partial charge in [0.05, 0.1) is 0 Å². The first-order chi connectivity index (χ1) is 12.5. The molecule has 1 aliphatic carbocycles. The van der Waals surface area contributed by atoms with Gasteiger partial charge in [-0.1, -0.05) is 19.3 Å². The summed E-state index contributed by atoms with van der Waals surface area (Å²) in [7, 11) is 1.40. The zero-order valence-electron chi connectivity index (χ0n) is 15.6. The molecule has 1 fully saturated rings. The van der Waals surface area contributed by atoms with E-state index < -0.39 is 29.8 Å². The average molecular weight is 367 g/mol. The standard InChI is InChI=1S/C18H29N3O5/c1-13(25-2)17(23)21-16(11-10-14(22)12-20-19)18(24)26-15-8-6-4-3-5-7-9-15/h12-13,15-16H,3-11H2,1-2H3,(H,21,23)/t13-,16-/m0/s1. The third-order valence-corrected chi connectivity index (χ3v) is 4.54. The Bertz CT molecular complexity index is 523. The summed E-state index contributed by atoms with van der Waals surface area (Å²) < 4.78 is 10.6. The third kappa shape index (κ3) is 8.36. The molecular formula is C18H29N3O5. The van der Waals surface area contributed by atoms with E-state index in [1.54, 1.807) is 6.92 Å². The number of nitrogens with one attached hydrogen (secondary N) is 1. The quantitative estimate of drug-likeness (QED) is 0.288. The minimum Gasteiger partial charge on any atom is -0.461 e. The number of ketones is 1. The summed E-state index contributed by atoms with van der Waals surface area (Å²) in [5.74, 6) is -1.43. The maximum absolute atomic E-state index is 12.6. The van der Waals surface area contributed by atoms with E-state index in [0.29, 0.717) is 0 Å². The average Bonchev–Trinajstić information content (AvgIpc) is 2.59. The Morgan fingerprint density at radius 1 is 1.19 bits per heavy atom. The Morgan fingerprint density at radius 2 is 1.81 bits per heavy atom. The summed E-state index contributed by atoms with van der Waals surface area (Å²) in [5.41, 5.74) is 8.40. The summed E-state index contributed by atoms with van der Waals surface area (Å²) in [6.07, 6.45) is 7.06. The first-order valence-electron chi connectivity index (χ1n) is 9.21. The molecule has 0 spiro atoms. The fourth-order valence-corrected chi connectivity index (χ4v) is 2.84. The van der Waals surface area contributed by atoms with Crippen molar-refractivity contribution in [2.24, 2.45) is 0 Å². The van der Waals surface area contributed by atoms with Crippen molar-refractivity contribution in [2.45, 2.75) is 83.0 Å². The molecule has 1 saturated carbocycles. The highest BCUT2D eigenvalue weighted by molar-refractivity contribution is 6.25. The molecule has 0 bridgehead atoms.